The summed E-state index contributed by atoms with van der Waals surface area (Å²) in [5.74, 6) is 1.60. The Hall–Kier alpha value is -2.64. The van der Waals surface area contributed by atoms with Gasteiger partial charge in [-0.1, -0.05) is 26.0 Å². The van der Waals surface area contributed by atoms with Crippen LogP contribution >= 0.6 is 0 Å². The highest BCUT2D eigenvalue weighted by atomic mass is 32.2. The molecular formula is C21H24N2O4S. The summed E-state index contributed by atoms with van der Waals surface area (Å²) >= 11 is 0. The fourth-order valence-corrected chi connectivity index (χ4v) is 3.75. The van der Waals surface area contributed by atoms with Gasteiger partial charge in [-0.05, 0) is 47.9 Å². The molecule has 7 heteroatoms. The zero-order chi connectivity index (χ0) is 20.1. The van der Waals surface area contributed by atoms with E-state index >= 15 is 0 Å². The van der Waals surface area contributed by atoms with E-state index in [4.69, 9.17) is 9.15 Å². The van der Waals surface area contributed by atoms with Crippen LogP contribution in [-0.4, -0.2) is 27.1 Å². The third kappa shape index (κ3) is 4.79. The monoisotopic (exact) mass is 400 g/mol. The summed E-state index contributed by atoms with van der Waals surface area (Å²) in [6.07, 6.45) is 1.98. The van der Waals surface area contributed by atoms with Crippen molar-refractivity contribution in [1.29, 1.82) is 0 Å². The van der Waals surface area contributed by atoms with Gasteiger partial charge < -0.3 is 9.15 Å². The number of hydrogen-bond acceptors (Lipinski definition) is 5. The van der Waals surface area contributed by atoms with Crippen LogP contribution in [0.3, 0.4) is 0 Å². The van der Waals surface area contributed by atoms with Crippen LogP contribution in [0.2, 0.25) is 0 Å². The van der Waals surface area contributed by atoms with E-state index in [2.05, 4.69) is 23.6 Å². The molecule has 0 aliphatic heterocycles. The molecule has 0 unspecified atom stereocenters. The number of nitrogens with one attached hydrogen (secondary N) is 1. The SMILES string of the molecule is COc1ccc(-c2nc(CCNS(=O)(=O)c3ccc(C(C)C)cc3)co2)cc1. The molecule has 0 aliphatic rings. The van der Waals surface area contributed by atoms with Gasteiger partial charge in [-0.25, -0.2) is 18.1 Å². The van der Waals surface area contributed by atoms with E-state index < -0.39 is 10.0 Å². The third-order valence-electron chi connectivity index (χ3n) is 4.42. The van der Waals surface area contributed by atoms with Crippen LogP contribution in [0.5, 0.6) is 5.75 Å². The lowest BCUT2D eigenvalue weighted by atomic mass is 10.0. The van der Waals surface area contributed by atoms with Gasteiger partial charge in [-0.15, -0.1) is 0 Å². The van der Waals surface area contributed by atoms with Gasteiger partial charge >= 0.3 is 0 Å². The molecule has 0 aliphatic carbocycles. The Morgan fingerprint density at radius 2 is 1.75 bits per heavy atom. The number of aromatic nitrogens is 1. The van der Waals surface area contributed by atoms with Crippen molar-refractivity contribution in [3.8, 4) is 17.2 Å². The minimum absolute atomic E-state index is 0.239. The molecule has 0 atom stereocenters. The fourth-order valence-electron chi connectivity index (χ4n) is 2.72. The summed E-state index contributed by atoms with van der Waals surface area (Å²) in [6.45, 7) is 4.38. The van der Waals surface area contributed by atoms with E-state index in [-0.39, 0.29) is 11.4 Å². The lowest BCUT2D eigenvalue weighted by Crippen LogP contribution is -2.26. The number of benzene rings is 2. The molecule has 1 N–H and O–H groups in total. The Morgan fingerprint density at radius 3 is 2.36 bits per heavy atom. The maximum absolute atomic E-state index is 12.4. The van der Waals surface area contributed by atoms with E-state index in [1.54, 1.807) is 25.5 Å². The largest absolute Gasteiger partial charge is 0.497 e. The van der Waals surface area contributed by atoms with Gasteiger partial charge in [0.15, 0.2) is 0 Å². The molecule has 28 heavy (non-hydrogen) atoms. The van der Waals surface area contributed by atoms with Crippen LogP contribution in [-0.2, 0) is 16.4 Å². The quantitative estimate of drug-likeness (QED) is 0.618. The molecule has 3 rings (SSSR count). The number of methoxy groups -OCH3 is 1. The van der Waals surface area contributed by atoms with Crippen LogP contribution in [0.25, 0.3) is 11.5 Å². The highest BCUT2D eigenvalue weighted by Gasteiger charge is 2.14. The number of oxazole rings is 1. The summed E-state index contributed by atoms with van der Waals surface area (Å²) in [5.41, 5.74) is 2.62. The lowest BCUT2D eigenvalue weighted by molar-refractivity contribution is 0.415. The Labute approximate surface area is 165 Å². The molecule has 0 radical (unpaired) electrons. The van der Waals surface area contributed by atoms with Gasteiger partial charge in [0.1, 0.15) is 12.0 Å². The highest BCUT2D eigenvalue weighted by Crippen LogP contribution is 2.22. The summed E-state index contributed by atoms with van der Waals surface area (Å²) in [7, 11) is -1.94. The van der Waals surface area contributed by atoms with Crippen molar-refractivity contribution in [2.75, 3.05) is 13.7 Å². The molecule has 1 aromatic heterocycles. The molecule has 6 nitrogen and oxygen atoms in total. The molecule has 0 saturated heterocycles. The molecule has 2 aromatic carbocycles. The molecule has 3 aromatic rings. The van der Waals surface area contributed by atoms with Crippen LogP contribution in [0.1, 0.15) is 31.0 Å². The number of rotatable bonds is 8. The Balaban J connectivity index is 1.59. The molecule has 148 valence electrons. The average molecular weight is 401 g/mol. The van der Waals surface area contributed by atoms with Gasteiger partial charge in [0.2, 0.25) is 15.9 Å². The number of sulfonamides is 1. The molecule has 0 saturated carbocycles. The van der Waals surface area contributed by atoms with Crippen LogP contribution in [0.15, 0.2) is 64.1 Å². The maximum Gasteiger partial charge on any atom is 0.240 e. The first-order chi connectivity index (χ1) is 13.4. The standard InChI is InChI=1S/C21H24N2O4S/c1-15(2)16-6-10-20(11-7-16)28(24,25)22-13-12-18-14-27-21(23-18)17-4-8-19(26-3)9-5-17/h4-11,14-15,22H,12-13H2,1-3H3. The van der Waals surface area contributed by atoms with Crippen molar-refractivity contribution in [3.63, 3.8) is 0 Å². The Bertz CT molecular complexity index is 1010. The van der Waals surface area contributed by atoms with E-state index in [1.807, 2.05) is 36.4 Å². The molecule has 1 heterocycles. The van der Waals surface area contributed by atoms with E-state index in [0.29, 0.717) is 23.9 Å². The first-order valence-electron chi connectivity index (χ1n) is 9.07. The van der Waals surface area contributed by atoms with Gasteiger partial charge in [-0.3, -0.25) is 0 Å². The lowest BCUT2D eigenvalue weighted by Gasteiger charge is -2.08. The summed E-state index contributed by atoms with van der Waals surface area (Å²) < 4.78 is 38.1. The highest BCUT2D eigenvalue weighted by molar-refractivity contribution is 7.89. The fraction of sp³-hybridized carbons (Fsp3) is 0.286. The first-order valence-corrected chi connectivity index (χ1v) is 10.6. The van der Waals surface area contributed by atoms with Crippen molar-refractivity contribution in [2.45, 2.75) is 31.1 Å². The zero-order valence-corrected chi connectivity index (χ0v) is 17.0. The normalized spacial score (nSPS) is 11.7. The number of hydrogen-bond donors (Lipinski definition) is 1. The topological polar surface area (TPSA) is 81.4 Å². The van der Waals surface area contributed by atoms with Gasteiger partial charge in [0, 0.05) is 18.5 Å². The molecule has 0 amide bonds. The van der Waals surface area contributed by atoms with Crippen LogP contribution in [0.4, 0.5) is 0 Å². The predicted octanol–water partition coefficient (Wildman–Crippen LogP) is 3.99. The van der Waals surface area contributed by atoms with Gasteiger partial charge in [-0.2, -0.15) is 0 Å². The second-order valence-electron chi connectivity index (χ2n) is 6.74. The van der Waals surface area contributed by atoms with Crippen molar-refractivity contribution in [2.24, 2.45) is 0 Å². The minimum Gasteiger partial charge on any atom is -0.497 e. The summed E-state index contributed by atoms with van der Waals surface area (Å²) in [4.78, 5) is 4.68. The average Bonchev–Trinajstić information content (AvgIpc) is 3.17. The van der Waals surface area contributed by atoms with Gasteiger partial charge in [0.25, 0.3) is 0 Å². The number of ether oxygens (including phenoxy) is 1. The smallest absolute Gasteiger partial charge is 0.240 e. The molecule has 0 fully saturated rings. The van der Waals surface area contributed by atoms with Gasteiger partial charge in [0.05, 0.1) is 17.7 Å². The second kappa shape index (κ2) is 8.58. The summed E-state index contributed by atoms with van der Waals surface area (Å²) in [5, 5.41) is 0. The van der Waals surface area contributed by atoms with Crippen LogP contribution < -0.4 is 9.46 Å². The molecular weight excluding hydrogens is 376 g/mol. The zero-order valence-electron chi connectivity index (χ0n) is 16.2. The predicted molar refractivity (Wildman–Crippen MR) is 108 cm³/mol. The van der Waals surface area contributed by atoms with E-state index in [9.17, 15) is 8.42 Å². The molecule has 0 spiro atoms. The first kappa shape index (κ1) is 20.1. The van der Waals surface area contributed by atoms with Crippen molar-refractivity contribution < 1.29 is 17.6 Å². The van der Waals surface area contributed by atoms with Crippen molar-refractivity contribution in [3.05, 3.63) is 66.1 Å². The van der Waals surface area contributed by atoms with Crippen LogP contribution in [0, 0.1) is 0 Å². The number of nitrogens with zero attached hydrogens (tertiary/aromatic N) is 1. The minimum atomic E-state index is -3.55. The third-order valence-corrected chi connectivity index (χ3v) is 5.90. The Morgan fingerprint density at radius 1 is 1.07 bits per heavy atom. The van der Waals surface area contributed by atoms with Crippen molar-refractivity contribution in [1.82, 2.24) is 9.71 Å². The Kier molecular flexibility index (Phi) is 6.16. The summed E-state index contributed by atoms with van der Waals surface area (Å²) in [6, 6.07) is 14.3. The van der Waals surface area contributed by atoms with E-state index in [1.165, 1.54) is 0 Å². The molecule has 0 bridgehead atoms. The van der Waals surface area contributed by atoms with Crippen molar-refractivity contribution >= 4 is 10.0 Å². The van der Waals surface area contributed by atoms with E-state index in [0.717, 1.165) is 16.9 Å². The second-order valence-corrected chi connectivity index (χ2v) is 8.51. The maximum atomic E-state index is 12.4.